The van der Waals surface area contributed by atoms with Gasteiger partial charge in [0.15, 0.2) is 0 Å². The first-order valence-corrected chi connectivity index (χ1v) is 5.79. The first-order valence-electron chi connectivity index (χ1n) is 5.26. The first-order chi connectivity index (χ1) is 7.43. The SMILES string of the molecule is CC(C)Oc1cc(NC(C)(C)CCl)ncn1. The van der Waals surface area contributed by atoms with E-state index in [9.17, 15) is 0 Å². The third-order valence-corrected chi connectivity index (χ3v) is 2.47. The van der Waals surface area contributed by atoms with E-state index in [1.165, 1.54) is 6.33 Å². The molecule has 1 N–H and O–H groups in total. The fourth-order valence-corrected chi connectivity index (χ4v) is 1.16. The number of nitrogens with one attached hydrogen (secondary N) is 1. The third-order valence-electron chi connectivity index (χ3n) is 1.80. The van der Waals surface area contributed by atoms with E-state index < -0.39 is 0 Å². The Balaban J connectivity index is 2.74. The quantitative estimate of drug-likeness (QED) is 0.808. The lowest BCUT2D eigenvalue weighted by molar-refractivity contribution is 0.232. The van der Waals surface area contributed by atoms with Gasteiger partial charge in [-0.25, -0.2) is 9.97 Å². The zero-order chi connectivity index (χ0) is 12.2. The van der Waals surface area contributed by atoms with Crippen LogP contribution in [-0.4, -0.2) is 27.5 Å². The van der Waals surface area contributed by atoms with E-state index in [1.54, 1.807) is 6.07 Å². The number of nitrogens with zero attached hydrogens (tertiary/aromatic N) is 2. The average molecular weight is 244 g/mol. The van der Waals surface area contributed by atoms with Crippen molar-refractivity contribution < 1.29 is 4.74 Å². The Hall–Kier alpha value is -1.03. The summed E-state index contributed by atoms with van der Waals surface area (Å²) in [5.74, 6) is 1.78. The average Bonchev–Trinajstić information content (AvgIpc) is 2.16. The second-order valence-electron chi connectivity index (χ2n) is 4.55. The van der Waals surface area contributed by atoms with Crippen LogP contribution in [0.3, 0.4) is 0 Å². The van der Waals surface area contributed by atoms with Crippen LogP contribution in [0.4, 0.5) is 5.82 Å². The highest BCUT2D eigenvalue weighted by atomic mass is 35.5. The number of rotatable bonds is 5. The molecule has 0 aliphatic rings. The van der Waals surface area contributed by atoms with Gasteiger partial charge in [-0.2, -0.15) is 0 Å². The molecule has 1 rings (SSSR count). The van der Waals surface area contributed by atoms with Crippen LogP contribution in [0, 0.1) is 0 Å². The van der Waals surface area contributed by atoms with Gasteiger partial charge in [0.2, 0.25) is 5.88 Å². The predicted octanol–water partition coefficient (Wildman–Crippen LogP) is 2.69. The van der Waals surface area contributed by atoms with Crippen molar-refractivity contribution in [2.24, 2.45) is 0 Å². The summed E-state index contributed by atoms with van der Waals surface area (Å²) in [6.07, 6.45) is 1.58. The zero-order valence-electron chi connectivity index (χ0n) is 10.1. The predicted molar refractivity (Wildman–Crippen MR) is 66.2 cm³/mol. The highest BCUT2D eigenvalue weighted by Gasteiger charge is 2.16. The Morgan fingerprint density at radius 3 is 2.69 bits per heavy atom. The molecule has 0 radical (unpaired) electrons. The molecule has 0 bridgehead atoms. The van der Waals surface area contributed by atoms with E-state index in [-0.39, 0.29) is 11.6 Å². The fourth-order valence-electron chi connectivity index (χ4n) is 1.09. The second kappa shape index (κ2) is 5.34. The van der Waals surface area contributed by atoms with Crippen molar-refractivity contribution in [2.75, 3.05) is 11.2 Å². The van der Waals surface area contributed by atoms with Crippen molar-refractivity contribution in [3.8, 4) is 5.88 Å². The molecule has 0 saturated carbocycles. The monoisotopic (exact) mass is 243 g/mol. The Morgan fingerprint density at radius 1 is 1.44 bits per heavy atom. The molecule has 16 heavy (non-hydrogen) atoms. The molecule has 1 aromatic heterocycles. The molecule has 0 unspecified atom stereocenters. The number of hydrogen-bond donors (Lipinski definition) is 1. The number of anilines is 1. The fraction of sp³-hybridized carbons (Fsp3) is 0.636. The molecule has 0 aliphatic heterocycles. The van der Waals surface area contributed by atoms with Crippen molar-refractivity contribution in [3.63, 3.8) is 0 Å². The van der Waals surface area contributed by atoms with Crippen molar-refractivity contribution in [1.29, 1.82) is 0 Å². The summed E-state index contributed by atoms with van der Waals surface area (Å²) >= 11 is 5.83. The van der Waals surface area contributed by atoms with Crippen molar-refractivity contribution in [2.45, 2.75) is 39.3 Å². The van der Waals surface area contributed by atoms with Crippen molar-refractivity contribution >= 4 is 17.4 Å². The Labute approximate surface area is 101 Å². The maximum absolute atomic E-state index is 5.83. The van der Waals surface area contributed by atoms with Crippen LogP contribution in [0.2, 0.25) is 0 Å². The van der Waals surface area contributed by atoms with Gasteiger partial charge in [0, 0.05) is 17.5 Å². The summed E-state index contributed by atoms with van der Waals surface area (Å²) < 4.78 is 5.48. The molecule has 4 nitrogen and oxygen atoms in total. The molecule has 0 spiro atoms. The highest BCUT2D eigenvalue weighted by Crippen LogP contribution is 2.17. The molecule has 5 heteroatoms. The topological polar surface area (TPSA) is 47.0 Å². The summed E-state index contributed by atoms with van der Waals surface area (Å²) in [6.45, 7) is 7.92. The van der Waals surface area contributed by atoms with Crippen molar-refractivity contribution in [3.05, 3.63) is 12.4 Å². The lowest BCUT2D eigenvalue weighted by atomic mass is 10.1. The maximum atomic E-state index is 5.83. The standard InChI is InChI=1S/C11H18ClN3O/c1-8(2)16-10-5-9(13-7-14-10)15-11(3,4)6-12/h5,7-8H,6H2,1-4H3,(H,13,14,15). The van der Waals surface area contributed by atoms with Gasteiger partial charge in [-0.15, -0.1) is 11.6 Å². The Morgan fingerprint density at radius 2 is 2.12 bits per heavy atom. The summed E-state index contributed by atoms with van der Waals surface area (Å²) in [4.78, 5) is 8.15. The molecule has 1 heterocycles. The van der Waals surface area contributed by atoms with Gasteiger partial charge in [-0.3, -0.25) is 0 Å². The first kappa shape index (κ1) is 13.0. The van der Waals surface area contributed by atoms with Gasteiger partial charge in [0.05, 0.1) is 6.10 Å². The molecule has 0 saturated heterocycles. The molecule has 0 aliphatic carbocycles. The van der Waals surface area contributed by atoms with Crippen LogP contribution in [0.15, 0.2) is 12.4 Å². The van der Waals surface area contributed by atoms with Crippen LogP contribution in [0.1, 0.15) is 27.7 Å². The van der Waals surface area contributed by atoms with E-state index >= 15 is 0 Å². The molecule has 0 amide bonds. The maximum Gasteiger partial charge on any atom is 0.218 e. The minimum Gasteiger partial charge on any atom is -0.475 e. The van der Waals surface area contributed by atoms with E-state index in [4.69, 9.17) is 16.3 Å². The van der Waals surface area contributed by atoms with E-state index in [2.05, 4.69) is 15.3 Å². The zero-order valence-corrected chi connectivity index (χ0v) is 10.9. The van der Waals surface area contributed by atoms with Gasteiger partial charge < -0.3 is 10.1 Å². The molecule has 1 aromatic rings. The second-order valence-corrected chi connectivity index (χ2v) is 4.82. The molecule has 0 atom stereocenters. The number of ether oxygens (including phenoxy) is 1. The molecule has 90 valence electrons. The number of alkyl halides is 1. The van der Waals surface area contributed by atoms with Crippen LogP contribution < -0.4 is 10.1 Å². The lowest BCUT2D eigenvalue weighted by Gasteiger charge is -2.24. The third kappa shape index (κ3) is 4.23. The van der Waals surface area contributed by atoms with Crippen LogP contribution in [0.25, 0.3) is 0 Å². The summed E-state index contributed by atoms with van der Waals surface area (Å²) in [5.41, 5.74) is -0.203. The largest absolute Gasteiger partial charge is 0.475 e. The summed E-state index contributed by atoms with van der Waals surface area (Å²) in [6, 6.07) is 1.77. The van der Waals surface area contributed by atoms with Crippen LogP contribution in [-0.2, 0) is 0 Å². The molecular formula is C11H18ClN3O. The summed E-state index contributed by atoms with van der Waals surface area (Å²) in [7, 11) is 0. The van der Waals surface area contributed by atoms with E-state index in [0.29, 0.717) is 11.8 Å². The molecular weight excluding hydrogens is 226 g/mol. The Kier molecular flexibility index (Phi) is 4.35. The minimum absolute atomic E-state index is 0.101. The van der Waals surface area contributed by atoms with Crippen molar-refractivity contribution in [1.82, 2.24) is 9.97 Å². The normalized spacial score (nSPS) is 11.6. The number of hydrogen-bond acceptors (Lipinski definition) is 4. The Bertz CT molecular complexity index is 342. The highest BCUT2D eigenvalue weighted by molar-refractivity contribution is 6.18. The minimum atomic E-state index is -0.203. The number of halogens is 1. The van der Waals surface area contributed by atoms with Crippen LogP contribution in [0.5, 0.6) is 5.88 Å². The smallest absolute Gasteiger partial charge is 0.218 e. The van der Waals surface area contributed by atoms with Gasteiger partial charge in [-0.05, 0) is 27.7 Å². The van der Waals surface area contributed by atoms with Gasteiger partial charge in [-0.1, -0.05) is 0 Å². The van der Waals surface area contributed by atoms with E-state index in [0.717, 1.165) is 5.82 Å². The molecule has 0 fully saturated rings. The van der Waals surface area contributed by atoms with Gasteiger partial charge in [0.1, 0.15) is 12.1 Å². The van der Waals surface area contributed by atoms with Crippen LogP contribution >= 0.6 is 11.6 Å². The van der Waals surface area contributed by atoms with Gasteiger partial charge in [0.25, 0.3) is 0 Å². The van der Waals surface area contributed by atoms with E-state index in [1.807, 2.05) is 27.7 Å². The van der Waals surface area contributed by atoms with Gasteiger partial charge >= 0.3 is 0 Å². The number of aromatic nitrogens is 2. The lowest BCUT2D eigenvalue weighted by Crippen LogP contribution is -2.33. The summed E-state index contributed by atoms with van der Waals surface area (Å²) in [5, 5.41) is 3.22. The molecule has 0 aromatic carbocycles.